The molecule has 5 aromatic rings. The first-order valence-electron chi connectivity index (χ1n) is 11.3. The number of benzene rings is 2. The number of nitrogens with one attached hydrogen (secondary N) is 3. The molecule has 0 spiro atoms. The molecule has 1 atom stereocenters. The highest BCUT2D eigenvalue weighted by Gasteiger charge is 2.23. The quantitative estimate of drug-likeness (QED) is 0.303. The predicted molar refractivity (Wildman–Crippen MR) is 134 cm³/mol. The van der Waals surface area contributed by atoms with Crippen molar-refractivity contribution in [3.05, 3.63) is 95.0 Å². The number of anilines is 1. The van der Waals surface area contributed by atoms with Gasteiger partial charge in [0.25, 0.3) is 11.5 Å². The molecule has 36 heavy (non-hydrogen) atoms. The van der Waals surface area contributed by atoms with E-state index in [-0.39, 0.29) is 23.4 Å². The van der Waals surface area contributed by atoms with Gasteiger partial charge in [0.1, 0.15) is 11.6 Å². The molecule has 0 bridgehead atoms. The summed E-state index contributed by atoms with van der Waals surface area (Å²) in [6.45, 7) is 1.73. The molecule has 0 radical (unpaired) electrons. The fourth-order valence-electron chi connectivity index (χ4n) is 3.74. The minimum atomic E-state index is -1.05. The van der Waals surface area contributed by atoms with Gasteiger partial charge < -0.3 is 15.0 Å². The Kier molecular flexibility index (Phi) is 6.14. The number of rotatable bonds is 7. The molecule has 3 N–H and O–H groups in total. The van der Waals surface area contributed by atoms with Crippen molar-refractivity contribution in [2.24, 2.45) is 0 Å². The molecule has 180 valence electrons. The van der Waals surface area contributed by atoms with Crippen LogP contribution in [0.5, 0.6) is 0 Å². The van der Waals surface area contributed by atoms with Gasteiger partial charge in [-0.15, -0.1) is 0 Å². The van der Waals surface area contributed by atoms with Crippen molar-refractivity contribution < 1.29 is 14.3 Å². The summed E-state index contributed by atoms with van der Waals surface area (Å²) in [4.78, 5) is 49.7. The Bertz CT molecular complexity index is 1590. The molecule has 3 heterocycles. The normalized spacial score (nSPS) is 11.8. The summed E-state index contributed by atoms with van der Waals surface area (Å²) in [5, 5.41) is 5.46. The molecule has 0 saturated carbocycles. The topological polar surface area (TPSA) is 135 Å². The Hall–Kier alpha value is -4.99. The number of aromatic amines is 2. The van der Waals surface area contributed by atoms with Gasteiger partial charge in [0.2, 0.25) is 0 Å². The van der Waals surface area contributed by atoms with Gasteiger partial charge in [-0.1, -0.05) is 25.1 Å². The van der Waals surface area contributed by atoms with Crippen LogP contribution in [0.4, 0.5) is 5.82 Å². The molecule has 0 aliphatic heterocycles. The summed E-state index contributed by atoms with van der Waals surface area (Å²) >= 11 is 0. The van der Waals surface area contributed by atoms with Crippen molar-refractivity contribution in [1.82, 2.24) is 24.7 Å². The van der Waals surface area contributed by atoms with E-state index in [1.165, 1.54) is 10.7 Å². The number of fused-ring (bicyclic) bond motifs is 1. The molecular formula is C26H22N6O4. The Morgan fingerprint density at radius 2 is 1.92 bits per heavy atom. The summed E-state index contributed by atoms with van der Waals surface area (Å²) in [6.07, 6.45) is 2.57. The number of H-pyrrole nitrogens is 2. The number of carbonyl (C=O) groups is 2. The Balaban J connectivity index is 1.29. The van der Waals surface area contributed by atoms with E-state index >= 15 is 0 Å². The predicted octanol–water partition coefficient (Wildman–Crippen LogP) is 3.68. The van der Waals surface area contributed by atoms with Crippen LogP contribution in [0, 0.1) is 0 Å². The van der Waals surface area contributed by atoms with E-state index in [4.69, 9.17) is 4.74 Å². The number of ether oxygens (including phenoxy) is 1. The molecule has 10 nitrogen and oxygen atoms in total. The lowest BCUT2D eigenvalue weighted by Crippen LogP contribution is -2.32. The fourth-order valence-corrected chi connectivity index (χ4v) is 3.74. The van der Waals surface area contributed by atoms with Crippen molar-refractivity contribution in [2.75, 3.05) is 5.32 Å². The summed E-state index contributed by atoms with van der Waals surface area (Å²) in [5.74, 6) is -0.364. The van der Waals surface area contributed by atoms with E-state index in [2.05, 4.69) is 25.4 Å². The third-order valence-electron chi connectivity index (χ3n) is 5.56. The second-order valence-corrected chi connectivity index (χ2v) is 8.03. The Morgan fingerprint density at radius 1 is 1.08 bits per heavy atom. The molecule has 2 aromatic carbocycles. The number of nitrogens with zero attached hydrogens (tertiary/aromatic N) is 3. The Labute approximate surface area is 205 Å². The molecule has 1 amide bonds. The third-order valence-corrected chi connectivity index (χ3v) is 5.56. The number of hydrogen-bond donors (Lipinski definition) is 3. The summed E-state index contributed by atoms with van der Waals surface area (Å²) in [5.41, 5.74) is 2.73. The number of amides is 1. The SMILES string of the molecule is CCC(OC(=O)c1ccc2nc(-c3cccnc3)[nH]c2c1)C(=O)Nc1cc(=O)n(-c2ccccc2)[nH]1. The molecular weight excluding hydrogens is 460 g/mol. The zero-order valence-electron chi connectivity index (χ0n) is 19.3. The maximum atomic E-state index is 12.8. The highest BCUT2D eigenvalue weighted by molar-refractivity contribution is 5.98. The number of hydrogen-bond acceptors (Lipinski definition) is 6. The smallest absolute Gasteiger partial charge is 0.338 e. The van der Waals surface area contributed by atoms with Crippen LogP contribution in [0.15, 0.2) is 83.9 Å². The van der Waals surface area contributed by atoms with E-state index < -0.39 is 18.0 Å². The Morgan fingerprint density at radius 3 is 2.67 bits per heavy atom. The van der Waals surface area contributed by atoms with Gasteiger partial charge in [-0.3, -0.25) is 19.7 Å². The maximum absolute atomic E-state index is 12.8. The van der Waals surface area contributed by atoms with Crippen molar-refractivity contribution in [1.29, 1.82) is 0 Å². The average Bonchev–Trinajstić information content (AvgIpc) is 3.50. The largest absolute Gasteiger partial charge is 0.449 e. The van der Waals surface area contributed by atoms with Crippen LogP contribution >= 0.6 is 0 Å². The first kappa shape index (κ1) is 22.8. The third kappa shape index (κ3) is 4.64. The minimum absolute atomic E-state index is 0.199. The summed E-state index contributed by atoms with van der Waals surface area (Å²) in [6, 6.07) is 18.9. The second-order valence-electron chi connectivity index (χ2n) is 8.03. The van der Waals surface area contributed by atoms with Gasteiger partial charge in [-0.2, -0.15) is 0 Å². The van der Waals surface area contributed by atoms with Crippen LogP contribution in [0.1, 0.15) is 23.7 Å². The molecule has 1 unspecified atom stereocenters. The standard InChI is InChI=1S/C26H22N6O4/c1-2-21(25(34)30-22-14-23(33)32(31-22)18-8-4-3-5-9-18)36-26(35)16-10-11-19-20(13-16)29-24(28-19)17-7-6-12-27-15-17/h3-15,21,31H,2H2,1H3,(H,28,29)(H,30,34). The van der Waals surface area contributed by atoms with Crippen LogP contribution in [0.3, 0.4) is 0 Å². The van der Waals surface area contributed by atoms with Gasteiger partial charge in [0.05, 0.1) is 22.3 Å². The first-order chi connectivity index (χ1) is 17.5. The summed E-state index contributed by atoms with van der Waals surface area (Å²) in [7, 11) is 0. The van der Waals surface area contributed by atoms with Crippen LogP contribution in [-0.2, 0) is 9.53 Å². The second kappa shape index (κ2) is 9.71. The zero-order valence-corrected chi connectivity index (χ0v) is 19.3. The van der Waals surface area contributed by atoms with Crippen LogP contribution in [0.25, 0.3) is 28.1 Å². The van der Waals surface area contributed by atoms with E-state index in [9.17, 15) is 14.4 Å². The minimum Gasteiger partial charge on any atom is -0.449 e. The molecule has 5 rings (SSSR count). The van der Waals surface area contributed by atoms with Crippen molar-refractivity contribution in [3.63, 3.8) is 0 Å². The molecule has 0 saturated heterocycles. The molecule has 0 aliphatic carbocycles. The van der Waals surface area contributed by atoms with Crippen LogP contribution in [-0.4, -0.2) is 42.7 Å². The van der Waals surface area contributed by atoms with Crippen molar-refractivity contribution >= 4 is 28.7 Å². The number of carbonyl (C=O) groups excluding carboxylic acids is 2. The van der Waals surface area contributed by atoms with Crippen LogP contribution in [0.2, 0.25) is 0 Å². The van der Waals surface area contributed by atoms with Gasteiger partial charge in [0.15, 0.2) is 6.10 Å². The maximum Gasteiger partial charge on any atom is 0.338 e. The van der Waals surface area contributed by atoms with Gasteiger partial charge >= 0.3 is 5.97 Å². The van der Waals surface area contributed by atoms with E-state index in [1.807, 2.05) is 18.2 Å². The lowest BCUT2D eigenvalue weighted by atomic mass is 10.2. The van der Waals surface area contributed by atoms with E-state index in [0.29, 0.717) is 22.5 Å². The summed E-state index contributed by atoms with van der Waals surface area (Å²) < 4.78 is 6.80. The van der Waals surface area contributed by atoms with E-state index in [0.717, 1.165) is 5.56 Å². The molecule has 0 fully saturated rings. The van der Waals surface area contributed by atoms with Gasteiger partial charge in [0, 0.05) is 24.0 Å². The molecule has 10 heteroatoms. The van der Waals surface area contributed by atoms with Gasteiger partial charge in [-0.05, 0) is 48.9 Å². The fraction of sp³-hybridized carbons (Fsp3) is 0.115. The molecule has 0 aliphatic rings. The number of aromatic nitrogens is 5. The highest BCUT2D eigenvalue weighted by atomic mass is 16.5. The van der Waals surface area contributed by atoms with Gasteiger partial charge in [-0.25, -0.2) is 14.5 Å². The molecule has 3 aromatic heterocycles. The van der Waals surface area contributed by atoms with Crippen molar-refractivity contribution in [3.8, 4) is 17.1 Å². The average molecular weight is 483 g/mol. The lowest BCUT2D eigenvalue weighted by Gasteiger charge is -2.15. The monoisotopic (exact) mass is 482 g/mol. The number of para-hydroxylation sites is 1. The highest BCUT2D eigenvalue weighted by Crippen LogP contribution is 2.21. The lowest BCUT2D eigenvalue weighted by molar-refractivity contribution is -0.124. The first-order valence-corrected chi connectivity index (χ1v) is 11.3. The number of pyridine rings is 1. The number of esters is 1. The number of imidazole rings is 1. The van der Waals surface area contributed by atoms with Crippen LogP contribution < -0.4 is 10.9 Å². The van der Waals surface area contributed by atoms with E-state index in [1.54, 1.807) is 61.8 Å². The zero-order chi connectivity index (χ0) is 25.1. The van der Waals surface area contributed by atoms with Crippen molar-refractivity contribution in [2.45, 2.75) is 19.4 Å².